The third kappa shape index (κ3) is 3.14. The van der Waals surface area contributed by atoms with Crippen molar-refractivity contribution in [3.63, 3.8) is 0 Å². The molecule has 0 saturated carbocycles. The highest BCUT2D eigenvalue weighted by Crippen LogP contribution is 2.27. The van der Waals surface area contributed by atoms with Crippen LogP contribution in [0.15, 0.2) is 18.2 Å². The highest BCUT2D eigenvalue weighted by molar-refractivity contribution is 7.98. The van der Waals surface area contributed by atoms with Gasteiger partial charge < -0.3 is 10.1 Å². The van der Waals surface area contributed by atoms with Gasteiger partial charge in [-0.15, -0.1) is 0 Å². The van der Waals surface area contributed by atoms with Gasteiger partial charge in [-0.2, -0.15) is 11.8 Å². The largest absolute Gasteiger partial charge is 0.496 e. The summed E-state index contributed by atoms with van der Waals surface area (Å²) in [5.41, 5.74) is 2.52. The fourth-order valence-electron chi connectivity index (χ4n) is 1.62. The number of hydrogen-bond acceptors (Lipinski definition) is 3. The normalized spacial score (nSPS) is 12.5. The molecule has 0 spiro atoms. The van der Waals surface area contributed by atoms with Gasteiger partial charge in [0.15, 0.2) is 0 Å². The summed E-state index contributed by atoms with van der Waals surface area (Å²) >= 11 is 1.84. The zero-order valence-corrected chi connectivity index (χ0v) is 10.6. The van der Waals surface area contributed by atoms with Crippen molar-refractivity contribution in [2.45, 2.75) is 13.0 Å². The topological polar surface area (TPSA) is 21.3 Å². The first-order valence-electron chi connectivity index (χ1n) is 5.03. The zero-order valence-electron chi connectivity index (χ0n) is 9.83. The highest BCUT2D eigenvalue weighted by atomic mass is 32.2. The summed E-state index contributed by atoms with van der Waals surface area (Å²) in [4.78, 5) is 0. The molecule has 3 heteroatoms. The predicted octanol–water partition coefficient (Wildman–Crippen LogP) is 2.63. The first-order chi connectivity index (χ1) is 7.22. The minimum absolute atomic E-state index is 0.356. The Morgan fingerprint density at radius 2 is 2.20 bits per heavy atom. The van der Waals surface area contributed by atoms with Gasteiger partial charge in [0.1, 0.15) is 5.75 Å². The Bertz CT molecular complexity index is 314. The maximum absolute atomic E-state index is 5.38. The van der Waals surface area contributed by atoms with E-state index in [1.54, 1.807) is 7.11 Å². The number of methoxy groups -OCH3 is 1. The number of benzene rings is 1. The molecule has 1 atom stereocenters. The van der Waals surface area contributed by atoms with Crippen molar-refractivity contribution in [3.05, 3.63) is 29.3 Å². The lowest BCUT2D eigenvalue weighted by Gasteiger charge is -2.19. The molecule has 0 fully saturated rings. The predicted molar refractivity (Wildman–Crippen MR) is 67.9 cm³/mol. The Hall–Kier alpha value is -0.670. The Labute approximate surface area is 96.4 Å². The van der Waals surface area contributed by atoms with Crippen LogP contribution in [0.3, 0.4) is 0 Å². The summed E-state index contributed by atoms with van der Waals surface area (Å²) in [6.45, 7) is 2.11. The maximum Gasteiger partial charge on any atom is 0.123 e. The standard InChI is InChI=1S/C12H19NOS/c1-9-5-6-12(14-3)10(7-9)11(13-2)8-15-4/h5-7,11,13H,8H2,1-4H3. The lowest BCUT2D eigenvalue weighted by atomic mass is 10.0. The van der Waals surface area contributed by atoms with Gasteiger partial charge in [0.25, 0.3) is 0 Å². The average molecular weight is 225 g/mol. The molecular formula is C12H19NOS. The number of rotatable bonds is 5. The molecule has 15 heavy (non-hydrogen) atoms. The van der Waals surface area contributed by atoms with E-state index >= 15 is 0 Å². The smallest absolute Gasteiger partial charge is 0.123 e. The molecule has 2 nitrogen and oxygen atoms in total. The van der Waals surface area contributed by atoms with E-state index in [1.807, 2.05) is 24.9 Å². The van der Waals surface area contributed by atoms with E-state index in [0.29, 0.717) is 6.04 Å². The summed E-state index contributed by atoms with van der Waals surface area (Å²) < 4.78 is 5.38. The van der Waals surface area contributed by atoms with Crippen LogP contribution in [0.2, 0.25) is 0 Å². The molecule has 0 bridgehead atoms. The second kappa shape index (κ2) is 6.03. The number of thioether (sulfide) groups is 1. The van der Waals surface area contributed by atoms with Crippen molar-refractivity contribution >= 4 is 11.8 Å². The van der Waals surface area contributed by atoms with Crippen LogP contribution in [0, 0.1) is 6.92 Å². The summed E-state index contributed by atoms with van der Waals surface area (Å²) in [6.07, 6.45) is 2.12. The van der Waals surface area contributed by atoms with Crippen LogP contribution in [0.25, 0.3) is 0 Å². The third-order valence-corrected chi connectivity index (χ3v) is 3.11. The number of nitrogens with one attached hydrogen (secondary N) is 1. The van der Waals surface area contributed by atoms with Crippen molar-refractivity contribution in [2.75, 3.05) is 26.2 Å². The summed E-state index contributed by atoms with van der Waals surface area (Å²) in [5.74, 6) is 2.02. The molecule has 84 valence electrons. The molecule has 1 aromatic rings. The SMILES string of the molecule is CNC(CSC)c1cc(C)ccc1OC. The van der Waals surface area contributed by atoms with E-state index in [2.05, 4.69) is 30.6 Å². The molecule has 1 rings (SSSR count). The van der Waals surface area contributed by atoms with E-state index in [1.165, 1.54) is 11.1 Å². The van der Waals surface area contributed by atoms with Crippen LogP contribution in [0.5, 0.6) is 5.75 Å². The van der Waals surface area contributed by atoms with Crippen molar-refractivity contribution in [2.24, 2.45) is 0 Å². The molecular weight excluding hydrogens is 206 g/mol. The Balaban J connectivity index is 3.02. The second-order valence-corrected chi connectivity index (χ2v) is 4.45. The Morgan fingerprint density at radius 1 is 1.47 bits per heavy atom. The molecule has 0 saturated heterocycles. The molecule has 0 aliphatic heterocycles. The Morgan fingerprint density at radius 3 is 2.73 bits per heavy atom. The molecule has 0 heterocycles. The van der Waals surface area contributed by atoms with E-state index in [4.69, 9.17) is 4.74 Å². The van der Waals surface area contributed by atoms with Gasteiger partial charge in [0.05, 0.1) is 7.11 Å². The second-order valence-electron chi connectivity index (χ2n) is 3.54. The number of ether oxygens (including phenoxy) is 1. The molecule has 1 N–H and O–H groups in total. The van der Waals surface area contributed by atoms with Gasteiger partial charge in [-0.1, -0.05) is 17.7 Å². The van der Waals surface area contributed by atoms with Crippen LogP contribution in [-0.2, 0) is 0 Å². The molecule has 0 radical (unpaired) electrons. The third-order valence-electron chi connectivity index (χ3n) is 2.44. The van der Waals surface area contributed by atoms with E-state index in [0.717, 1.165) is 11.5 Å². The summed E-state index contributed by atoms with van der Waals surface area (Å²) in [7, 11) is 3.71. The maximum atomic E-state index is 5.38. The van der Waals surface area contributed by atoms with Crippen LogP contribution in [0.1, 0.15) is 17.2 Å². The van der Waals surface area contributed by atoms with Gasteiger partial charge in [-0.25, -0.2) is 0 Å². The zero-order chi connectivity index (χ0) is 11.3. The summed E-state index contributed by atoms with van der Waals surface area (Å²) in [5, 5.41) is 3.32. The number of aryl methyl sites for hydroxylation is 1. The van der Waals surface area contributed by atoms with Crippen molar-refractivity contribution in [1.82, 2.24) is 5.32 Å². The highest BCUT2D eigenvalue weighted by Gasteiger charge is 2.13. The van der Waals surface area contributed by atoms with E-state index in [-0.39, 0.29) is 0 Å². The fourth-order valence-corrected chi connectivity index (χ4v) is 2.30. The first kappa shape index (κ1) is 12.4. The Kier molecular flexibility index (Phi) is 4.99. The van der Waals surface area contributed by atoms with Gasteiger partial charge in [0.2, 0.25) is 0 Å². The molecule has 0 aromatic heterocycles. The van der Waals surface area contributed by atoms with Crippen molar-refractivity contribution in [3.8, 4) is 5.75 Å². The molecule has 0 aliphatic carbocycles. The van der Waals surface area contributed by atoms with Crippen molar-refractivity contribution < 1.29 is 4.74 Å². The summed E-state index contributed by atoms with van der Waals surface area (Å²) in [6, 6.07) is 6.66. The van der Waals surface area contributed by atoms with Gasteiger partial charge in [-0.05, 0) is 26.3 Å². The number of hydrogen-bond donors (Lipinski definition) is 1. The van der Waals surface area contributed by atoms with Crippen LogP contribution in [0.4, 0.5) is 0 Å². The van der Waals surface area contributed by atoms with Crippen LogP contribution in [-0.4, -0.2) is 26.2 Å². The van der Waals surface area contributed by atoms with Gasteiger partial charge in [0, 0.05) is 17.4 Å². The minimum Gasteiger partial charge on any atom is -0.496 e. The monoisotopic (exact) mass is 225 g/mol. The molecule has 1 unspecified atom stereocenters. The fraction of sp³-hybridized carbons (Fsp3) is 0.500. The van der Waals surface area contributed by atoms with Crippen LogP contribution < -0.4 is 10.1 Å². The lowest BCUT2D eigenvalue weighted by Crippen LogP contribution is -2.19. The van der Waals surface area contributed by atoms with E-state index < -0.39 is 0 Å². The minimum atomic E-state index is 0.356. The van der Waals surface area contributed by atoms with Gasteiger partial charge >= 0.3 is 0 Å². The quantitative estimate of drug-likeness (QED) is 0.832. The molecule has 0 amide bonds. The van der Waals surface area contributed by atoms with E-state index in [9.17, 15) is 0 Å². The van der Waals surface area contributed by atoms with Crippen LogP contribution >= 0.6 is 11.8 Å². The molecule has 0 aliphatic rings. The lowest BCUT2D eigenvalue weighted by molar-refractivity contribution is 0.404. The first-order valence-corrected chi connectivity index (χ1v) is 6.43. The van der Waals surface area contributed by atoms with Gasteiger partial charge in [-0.3, -0.25) is 0 Å². The average Bonchev–Trinajstić information content (AvgIpc) is 2.26. The molecule has 1 aromatic carbocycles. The van der Waals surface area contributed by atoms with Crippen molar-refractivity contribution in [1.29, 1.82) is 0 Å².